The zero-order valence-electron chi connectivity index (χ0n) is 16.9. The summed E-state index contributed by atoms with van der Waals surface area (Å²) in [6.07, 6.45) is 6.47. The lowest BCUT2D eigenvalue weighted by Gasteiger charge is -2.55. The van der Waals surface area contributed by atoms with E-state index in [0.717, 1.165) is 19.3 Å². The quantitative estimate of drug-likeness (QED) is 0.592. The predicted molar refractivity (Wildman–Crippen MR) is 101 cm³/mol. The molecule has 8 nitrogen and oxygen atoms in total. The van der Waals surface area contributed by atoms with Crippen molar-refractivity contribution in [2.45, 2.75) is 71.4 Å². The molecule has 4 aliphatic carbocycles. The Morgan fingerprint density at radius 2 is 1.46 bits per heavy atom. The Hall–Kier alpha value is -2.12. The van der Waals surface area contributed by atoms with Gasteiger partial charge in [-0.15, -0.1) is 0 Å². The molecular weight excluding hydrogens is 362 g/mol. The molecule has 8 heteroatoms. The first-order valence-corrected chi connectivity index (χ1v) is 10.2. The summed E-state index contributed by atoms with van der Waals surface area (Å²) in [5.74, 6) is 0.459. The van der Waals surface area contributed by atoms with Crippen LogP contribution in [-0.4, -0.2) is 42.5 Å². The predicted octanol–water partition coefficient (Wildman–Crippen LogP) is 1.48. The Balaban J connectivity index is 1.45. The summed E-state index contributed by atoms with van der Waals surface area (Å²) >= 11 is 0. The first kappa shape index (κ1) is 20.6. The van der Waals surface area contributed by atoms with Crippen LogP contribution in [-0.2, 0) is 19.1 Å². The highest BCUT2D eigenvalue weighted by Gasteiger charge is 2.54. The van der Waals surface area contributed by atoms with Gasteiger partial charge in [0.1, 0.15) is 6.04 Å². The Morgan fingerprint density at radius 1 is 0.929 bits per heavy atom. The van der Waals surface area contributed by atoms with Gasteiger partial charge in [0.25, 0.3) is 5.91 Å². The number of carbonyl (C=O) groups excluding carboxylic acids is 4. The molecule has 1 atom stereocenters. The number of urea groups is 1. The maximum Gasteiger partial charge on any atom is 0.328 e. The summed E-state index contributed by atoms with van der Waals surface area (Å²) in [5.41, 5.74) is -0.338. The van der Waals surface area contributed by atoms with Crippen molar-refractivity contribution in [2.75, 3.05) is 6.61 Å². The van der Waals surface area contributed by atoms with E-state index < -0.39 is 30.6 Å². The molecule has 4 rings (SSSR count). The molecular formula is C20H31N3O5. The SMILES string of the molecule is CC(C)NC(=O)NC(=O)COC(=O)[C@H](C)NC(=O)C12CC3CC(CC(C3)C1)C2. The smallest absolute Gasteiger partial charge is 0.328 e. The number of imide groups is 1. The van der Waals surface area contributed by atoms with E-state index in [0.29, 0.717) is 17.8 Å². The molecule has 0 radical (unpaired) electrons. The van der Waals surface area contributed by atoms with Gasteiger partial charge in [-0.3, -0.25) is 14.9 Å². The van der Waals surface area contributed by atoms with E-state index in [1.54, 1.807) is 20.8 Å². The van der Waals surface area contributed by atoms with Crippen LogP contribution in [0.15, 0.2) is 0 Å². The van der Waals surface area contributed by atoms with Crippen molar-refractivity contribution >= 4 is 23.8 Å². The zero-order valence-corrected chi connectivity index (χ0v) is 16.9. The van der Waals surface area contributed by atoms with Gasteiger partial charge in [-0.1, -0.05) is 0 Å². The van der Waals surface area contributed by atoms with Crippen LogP contribution in [0.25, 0.3) is 0 Å². The van der Waals surface area contributed by atoms with Crippen LogP contribution in [0.1, 0.15) is 59.3 Å². The molecule has 4 saturated carbocycles. The standard InChI is InChI=1S/C20H31N3O5/c1-11(2)21-19(27)23-16(24)10-28-17(25)12(3)22-18(26)20-7-13-4-14(8-20)6-15(5-13)9-20/h11-15H,4-10H2,1-3H3,(H,22,26)(H2,21,23,24,27)/t12-,13?,14?,15?,20?/m0/s1. The molecule has 4 aliphatic rings. The first-order valence-electron chi connectivity index (χ1n) is 10.2. The number of amides is 4. The fourth-order valence-electron chi connectivity index (χ4n) is 5.52. The van der Waals surface area contributed by atoms with E-state index >= 15 is 0 Å². The number of rotatable bonds is 6. The van der Waals surface area contributed by atoms with E-state index in [2.05, 4.69) is 16.0 Å². The second-order valence-electron chi connectivity index (χ2n) is 9.18. The molecule has 0 aromatic heterocycles. The van der Waals surface area contributed by atoms with E-state index in [9.17, 15) is 19.2 Å². The monoisotopic (exact) mass is 393 g/mol. The number of esters is 1. The maximum absolute atomic E-state index is 12.9. The minimum Gasteiger partial charge on any atom is -0.454 e. The second kappa shape index (κ2) is 8.09. The van der Waals surface area contributed by atoms with Crippen LogP contribution in [0, 0.1) is 23.2 Å². The largest absolute Gasteiger partial charge is 0.454 e. The summed E-state index contributed by atoms with van der Waals surface area (Å²) in [6.45, 7) is 4.52. The van der Waals surface area contributed by atoms with Gasteiger partial charge in [0.05, 0.1) is 0 Å². The number of carbonyl (C=O) groups is 4. The molecule has 4 bridgehead atoms. The molecule has 0 aromatic rings. The van der Waals surface area contributed by atoms with Crippen molar-refractivity contribution in [1.82, 2.24) is 16.0 Å². The third-order valence-corrected chi connectivity index (χ3v) is 6.24. The first-order chi connectivity index (χ1) is 13.2. The minimum atomic E-state index is -0.835. The van der Waals surface area contributed by atoms with Crippen molar-refractivity contribution < 1.29 is 23.9 Å². The highest BCUT2D eigenvalue weighted by Crippen LogP contribution is 2.60. The van der Waals surface area contributed by atoms with Crippen molar-refractivity contribution in [3.8, 4) is 0 Å². The maximum atomic E-state index is 12.9. The van der Waals surface area contributed by atoms with Crippen LogP contribution < -0.4 is 16.0 Å². The third-order valence-electron chi connectivity index (χ3n) is 6.24. The molecule has 4 amide bonds. The van der Waals surface area contributed by atoms with Crippen LogP contribution in [0.5, 0.6) is 0 Å². The highest BCUT2D eigenvalue weighted by molar-refractivity contribution is 5.96. The lowest BCUT2D eigenvalue weighted by molar-refractivity contribution is -0.155. The topological polar surface area (TPSA) is 114 Å². The summed E-state index contributed by atoms with van der Waals surface area (Å²) in [6, 6.07) is -1.59. The van der Waals surface area contributed by atoms with E-state index in [-0.39, 0.29) is 17.4 Å². The third kappa shape index (κ3) is 4.64. The van der Waals surface area contributed by atoms with Gasteiger partial charge >= 0.3 is 12.0 Å². The van der Waals surface area contributed by atoms with Gasteiger partial charge in [-0.05, 0) is 77.0 Å². The Bertz CT molecular complexity index is 625. The van der Waals surface area contributed by atoms with Gasteiger partial charge in [0.15, 0.2) is 6.61 Å². The number of hydrogen-bond donors (Lipinski definition) is 3. The fourth-order valence-corrected chi connectivity index (χ4v) is 5.52. The molecule has 0 aliphatic heterocycles. The minimum absolute atomic E-state index is 0.0585. The molecule has 156 valence electrons. The Labute approximate surface area is 165 Å². The fraction of sp³-hybridized carbons (Fsp3) is 0.800. The normalized spacial score (nSPS) is 31.2. The van der Waals surface area contributed by atoms with Gasteiger partial charge in [0.2, 0.25) is 5.91 Å². The van der Waals surface area contributed by atoms with Gasteiger partial charge in [0, 0.05) is 11.5 Å². The molecule has 0 aromatic carbocycles. The van der Waals surface area contributed by atoms with E-state index in [1.165, 1.54) is 19.3 Å². The van der Waals surface area contributed by atoms with Crippen molar-refractivity contribution in [3.63, 3.8) is 0 Å². The molecule has 0 unspecified atom stereocenters. The second-order valence-corrected chi connectivity index (χ2v) is 9.18. The number of nitrogens with one attached hydrogen (secondary N) is 3. The van der Waals surface area contributed by atoms with Crippen molar-refractivity contribution in [3.05, 3.63) is 0 Å². The molecule has 0 heterocycles. The molecule has 0 spiro atoms. The molecule has 28 heavy (non-hydrogen) atoms. The van der Waals surface area contributed by atoms with Gasteiger partial charge < -0.3 is 15.4 Å². The molecule has 0 saturated heterocycles. The average Bonchev–Trinajstić information content (AvgIpc) is 2.57. The Kier molecular flexibility index (Phi) is 5.95. The van der Waals surface area contributed by atoms with Crippen LogP contribution >= 0.6 is 0 Å². The summed E-state index contributed by atoms with van der Waals surface area (Å²) in [4.78, 5) is 48.2. The average molecular weight is 393 g/mol. The lowest BCUT2D eigenvalue weighted by atomic mass is 9.49. The van der Waals surface area contributed by atoms with E-state index in [4.69, 9.17) is 4.74 Å². The Morgan fingerprint density at radius 3 is 1.96 bits per heavy atom. The van der Waals surface area contributed by atoms with E-state index in [1.807, 2.05) is 0 Å². The molecule has 4 fully saturated rings. The summed E-state index contributed by atoms with van der Waals surface area (Å²) in [5, 5.41) is 7.39. The number of ether oxygens (including phenoxy) is 1. The summed E-state index contributed by atoms with van der Waals surface area (Å²) < 4.78 is 4.95. The lowest BCUT2D eigenvalue weighted by Crippen LogP contribution is -2.56. The zero-order chi connectivity index (χ0) is 20.5. The van der Waals surface area contributed by atoms with Crippen LogP contribution in [0.2, 0.25) is 0 Å². The van der Waals surface area contributed by atoms with Crippen molar-refractivity contribution in [2.24, 2.45) is 23.2 Å². The molecule has 3 N–H and O–H groups in total. The number of hydrogen-bond acceptors (Lipinski definition) is 5. The van der Waals surface area contributed by atoms with Gasteiger partial charge in [-0.2, -0.15) is 0 Å². The van der Waals surface area contributed by atoms with Gasteiger partial charge in [-0.25, -0.2) is 9.59 Å². The van der Waals surface area contributed by atoms with Crippen LogP contribution in [0.4, 0.5) is 4.79 Å². The summed E-state index contributed by atoms with van der Waals surface area (Å²) in [7, 11) is 0. The highest BCUT2D eigenvalue weighted by atomic mass is 16.5. The van der Waals surface area contributed by atoms with Crippen molar-refractivity contribution in [1.29, 1.82) is 0 Å². The van der Waals surface area contributed by atoms with Crippen LogP contribution in [0.3, 0.4) is 0 Å².